The molecule has 0 aliphatic carbocycles. The van der Waals surface area contributed by atoms with E-state index < -0.39 is 50.1 Å². The van der Waals surface area contributed by atoms with Gasteiger partial charge in [-0.2, -0.15) is 0 Å². The Labute approximate surface area is 139 Å². The predicted molar refractivity (Wildman–Crippen MR) is 84.7 cm³/mol. The Balaban J connectivity index is -0.000000480. The van der Waals surface area contributed by atoms with Crippen molar-refractivity contribution in [2.75, 3.05) is 39.3 Å². The summed E-state index contributed by atoms with van der Waals surface area (Å²) in [6.07, 6.45) is 0. The monoisotopic (exact) mass is 354 g/mol. The summed E-state index contributed by atoms with van der Waals surface area (Å²) in [6.45, 7) is 3.75. The Morgan fingerprint density at radius 3 is 0.875 bits per heavy atom. The highest BCUT2D eigenvalue weighted by atomic mass is 16.4. The van der Waals surface area contributed by atoms with E-state index in [0.717, 1.165) is 9.80 Å². The molecule has 10 N–H and O–H groups in total. The first-order valence-corrected chi connectivity index (χ1v) is 6.02. The molecule has 12 nitrogen and oxygen atoms in total. The number of hydrogen-bond donors (Lipinski definition) is 6. The van der Waals surface area contributed by atoms with Crippen molar-refractivity contribution in [3.05, 3.63) is 13.2 Å². The van der Waals surface area contributed by atoms with E-state index in [0.29, 0.717) is 0 Å². The van der Waals surface area contributed by atoms with E-state index in [1.54, 1.807) is 0 Å². The number of carboxylic acids is 4. The number of nitrogens with zero attached hydrogens (tertiary/aromatic N) is 2. The van der Waals surface area contributed by atoms with Crippen LogP contribution >= 0.6 is 0 Å². The van der Waals surface area contributed by atoms with Crippen molar-refractivity contribution in [3.8, 4) is 0 Å². The minimum absolute atomic E-state index is 0. The van der Waals surface area contributed by atoms with Gasteiger partial charge >= 0.3 is 23.9 Å². The maximum Gasteiger partial charge on any atom is 0.317 e. The number of rotatable bonds is 11. The number of carboxylic acid groups (broad SMARTS) is 4. The first-order valence-electron chi connectivity index (χ1n) is 6.02. The molecule has 0 aromatic heterocycles. The van der Waals surface area contributed by atoms with Gasteiger partial charge in [-0.15, -0.1) is 13.2 Å². The van der Waals surface area contributed by atoms with Crippen LogP contribution < -0.4 is 12.3 Å². The van der Waals surface area contributed by atoms with Crippen LogP contribution in [0.4, 0.5) is 0 Å². The molecule has 0 spiro atoms. The van der Waals surface area contributed by atoms with E-state index in [4.69, 9.17) is 20.4 Å². The molecule has 0 aliphatic rings. The van der Waals surface area contributed by atoms with E-state index >= 15 is 0 Å². The molecule has 24 heavy (non-hydrogen) atoms. The molecule has 0 unspecified atom stereocenters. The zero-order chi connectivity index (χ0) is 17.7. The van der Waals surface area contributed by atoms with Crippen LogP contribution in [0.3, 0.4) is 0 Å². The number of carbonyl (C=O) groups is 4. The van der Waals surface area contributed by atoms with Crippen LogP contribution in [0.25, 0.3) is 0 Å². The minimum Gasteiger partial charge on any atom is -0.480 e. The van der Waals surface area contributed by atoms with Gasteiger partial charge in [-0.05, 0) is 0 Å². The van der Waals surface area contributed by atoms with Crippen molar-refractivity contribution in [3.63, 3.8) is 0 Å². The molecule has 0 aromatic rings. The van der Waals surface area contributed by atoms with Crippen molar-refractivity contribution in [1.29, 1.82) is 0 Å². The molecular formula is C12H26N4O8. The zero-order valence-electron chi connectivity index (χ0n) is 13.4. The second kappa shape index (κ2) is 16.8. The standard InChI is InChI=1S/C10H16N2O8.C2H4.2H3N/c13-7(14)3-11(4-8(15)16)1-2-12(5-9(17)18)6-10(19)20;1-2;;/h1-6H2,(H,13,14)(H,15,16)(H,17,18)(H,19,20);1-2H2;2*1H3. The SMILES string of the molecule is C=C.N.N.O=C(O)CN(CCN(CC(=O)O)CC(=O)O)CC(=O)O. The predicted octanol–water partition coefficient (Wildman–Crippen LogP) is -0.945. The van der Waals surface area contributed by atoms with E-state index in [2.05, 4.69) is 13.2 Å². The Hall–Kier alpha value is -2.54. The lowest BCUT2D eigenvalue weighted by atomic mass is 10.4. The van der Waals surface area contributed by atoms with Crippen molar-refractivity contribution in [2.24, 2.45) is 0 Å². The summed E-state index contributed by atoms with van der Waals surface area (Å²) in [6, 6.07) is 0. The molecule has 0 fully saturated rings. The molecule has 0 rings (SSSR count). The summed E-state index contributed by atoms with van der Waals surface area (Å²) in [5.41, 5.74) is 0. The van der Waals surface area contributed by atoms with Gasteiger partial charge in [0.05, 0.1) is 26.2 Å². The van der Waals surface area contributed by atoms with Crippen molar-refractivity contribution >= 4 is 23.9 Å². The molecule has 0 radical (unpaired) electrons. The van der Waals surface area contributed by atoms with Gasteiger partial charge in [0.1, 0.15) is 0 Å². The third kappa shape index (κ3) is 19.5. The van der Waals surface area contributed by atoms with Crippen LogP contribution in [0.15, 0.2) is 13.2 Å². The fraction of sp³-hybridized carbons (Fsp3) is 0.500. The van der Waals surface area contributed by atoms with Crippen molar-refractivity contribution in [1.82, 2.24) is 22.1 Å². The summed E-state index contributed by atoms with van der Waals surface area (Å²) in [4.78, 5) is 44.4. The first-order chi connectivity index (χ1) is 10.2. The molecule has 0 atom stereocenters. The highest BCUT2D eigenvalue weighted by Crippen LogP contribution is 1.94. The van der Waals surface area contributed by atoms with Gasteiger partial charge in [0, 0.05) is 13.1 Å². The zero-order valence-corrected chi connectivity index (χ0v) is 13.4. The second-order valence-electron chi connectivity index (χ2n) is 4.00. The maximum atomic E-state index is 10.6. The summed E-state index contributed by atoms with van der Waals surface area (Å²) in [5, 5.41) is 34.5. The Morgan fingerprint density at radius 2 is 0.750 bits per heavy atom. The molecule has 142 valence electrons. The van der Waals surface area contributed by atoms with Gasteiger partial charge in [-0.1, -0.05) is 0 Å². The molecule has 0 heterocycles. The lowest BCUT2D eigenvalue weighted by molar-refractivity contribution is -0.145. The van der Waals surface area contributed by atoms with E-state index in [9.17, 15) is 19.2 Å². The molecule has 0 aliphatic heterocycles. The van der Waals surface area contributed by atoms with Crippen LogP contribution in [-0.2, 0) is 19.2 Å². The smallest absolute Gasteiger partial charge is 0.317 e. The lowest BCUT2D eigenvalue weighted by Gasteiger charge is -2.23. The Bertz CT molecular complexity index is 337. The molecule has 0 saturated heterocycles. The third-order valence-electron chi connectivity index (χ3n) is 2.17. The average Bonchev–Trinajstić information content (AvgIpc) is 2.35. The topological polar surface area (TPSA) is 226 Å². The fourth-order valence-corrected chi connectivity index (χ4v) is 1.48. The van der Waals surface area contributed by atoms with Gasteiger partial charge in [-0.25, -0.2) is 0 Å². The van der Waals surface area contributed by atoms with E-state index in [-0.39, 0.29) is 25.4 Å². The van der Waals surface area contributed by atoms with E-state index in [1.165, 1.54) is 0 Å². The highest BCUT2D eigenvalue weighted by Gasteiger charge is 2.17. The molecule has 0 amide bonds. The van der Waals surface area contributed by atoms with Gasteiger partial charge in [0.15, 0.2) is 0 Å². The average molecular weight is 354 g/mol. The molecule has 0 bridgehead atoms. The first kappa shape index (κ1) is 29.5. The molecule has 12 heteroatoms. The van der Waals surface area contributed by atoms with Crippen LogP contribution in [0.2, 0.25) is 0 Å². The van der Waals surface area contributed by atoms with Crippen molar-refractivity contribution in [2.45, 2.75) is 0 Å². The molecular weight excluding hydrogens is 328 g/mol. The van der Waals surface area contributed by atoms with E-state index in [1.807, 2.05) is 0 Å². The van der Waals surface area contributed by atoms with Gasteiger partial charge in [0.2, 0.25) is 0 Å². The van der Waals surface area contributed by atoms with Gasteiger partial charge in [0.25, 0.3) is 0 Å². The van der Waals surface area contributed by atoms with Crippen LogP contribution in [-0.4, -0.2) is 93.4 Å². The quantitative estimate of drug-likeness (QED) is 0.247. The van der Waals surface area contributed by atoms with Crippen LogP contribution in [0.1, 0.15) is 0 Å². The van der Waals surface area contributed by atoms with Gasteiger partial charge < -0.3 is 32.7 Å². The Kier molecular flexibility index (Phi) is 20.7. The largest absolute Gasteiger partial charge is 0.480 e. The second-order valence-corrected chi connectivity index (χ2v) is 4.00. The highest BCUT2D eigenvalue weighted by molar-refractivity contribution is 5.73. The Morgan fingerprint density at radius 1 is 0.583 bits per heavy atom. The molecule has 0 aromatic carbocycles. The summed E-state index contributed by atoms with van der Waals surface area (Å²) in [5.74, 6) is -4.91. The van der Waals surface area contributed by atoms with Gasteiger partial charge in [-0.3, -0.25) is 29.0 Å². The summed E-state index contributed by atoms with van der Waals surface area (Å²) in [7, 11) is 0. The maximum absolute atomic E-state index is 10.6. The fourth-order valence-electron chi connectivity index (χ4n) is 1.48. The van der Waals surface area contributed by atoms with Crippen molar-refractivity contribution < 1.29 is 39.6 Å². The summed E-state index contributed by atoms with van der Waals surface area (Å²) < 4.78 is 0. The number of hydrogen-bond acceptors (Lipinski definition) is 8. The normalized spacial score (nSPS) is 9.08. The van der Waals surface area contributed by atoms with Crippen LogP contribution in [0.5, 0.6) is 0 Å². The lowest BCUT2D eigenvalue weighted by Crippen LogP contribution is -2.43. The van der Waals surface area contributed by atoms with Crippen LogP contribution in [0, 0.1) is 0 Å². The third-order valence-corrected chi connectivity index (χ3v) is 2.17. The number of aliphatic carboxylic acids is 4. The summed E-state index contributed by atoms with van der Waals surface area (Å²) >= 11 is 0. The molecule has 0 saturated carbocycles. The minimum atomic E-state index is -1.23.